The molecule has 0 fully saturated rings. The molecule has 0 saturated carbocycles. The Bertz CT molecular complexity index is 857. The van der Waals surface area contributed by atoms with Gasteiger partial charge in [0.15, 0.2) is 30.0 Å². The lowest BCUT2D eigenvalue weighted by Crippen LogP contribution is -2.48. The van der Waals surface area contributed by atoms with Gasteiger partial charge in [-0.1, -0.05) is 24.3 Å². The van der Waals surface area contributed by atoms with E-state index in [1.54, 1.807) is 30.3 Å². The first-order valence-corrected chi connectivity index (χ1v) is 8.17. The minimum atomic E-state index is -1.09. The Morgan fingerprint density at radius 3 is 2.29 bits per heavy atom. The second kappa shape index (κ2) is 9.76. The van der Waals surface area contributed by atoms with E-state index in [0.717, 1.165) is 0 Å². The smallest absolute Gasteiger partial charge is 0.310 e. The lowest BCUT2D eigenvalue weighted by molar-refractivity contribution is -0.386. The van der Waals surface area contributed by atoms with Crippen molar-refractivity contribution >= 4 is 17.5 Å². The molecule has 0 bridgehead atoms. The van der Waals surface area contributed by atoms with Gasteiger partial charge in [0.25, 0.3) is 11.8 Å². The van der Waals surface area contributed by atoms with E-state index in [2.05, 4.69) is 10.9 Å². The summed E-state index contributed by atoms with van der Waals surface area (Å²) in [6, 6.07) is 12.5. The molecule has 0 saturated heterocycles. The molecular formula is C18H19N3O7. The average molecular weight is 389 g/mol. The standard InChI is InChI=1S/C18H19N3O7/c1-12(28-14-8-4-3-7-13(14)21(24)25)18(23)20-19-17(22)11-27-16-10-6-5-9-15(16)26-2/h3-10,12H,11H2,1-2H3,(H,19,22)(H,20,23)/t12-/m1/s1. The Balaban J connectivity index is 1.83. The molecule has 0 spiro atoms. The van der Waals surface area contributed by atoms with Crippen molar-refractivity contribution in [2.75, 3.05) is 13.7 Å². The fraction of sp³-hybridized carbons (Fsp3) is 0.222. The Morgan fingerprint density at radius 2 is 1.64 bits per heavy atom. The molecule has 2 aromatic rings. The number of carbonyl (C=O) groups is 2. The van der Waals surface area contributed by atoms with Crippen LogP contribution in [-0.4, -0.2) is 36.6 Å². The number of carbonyl (C=O) groups excluding carboxylic acids is 2. The summed E-state index contributed by atoms with van der Waals surface area (Å²) in [5.41, 5.74) is 4.08. The van der Waals surface area contributed by atoms with Gasteiger partial charge in [0.1, 0.15) is 0 Å². The summed E-state index contributed by atoms with van der Waals surface area (Å²) in [6.07, 6.45) is -1.09. The number of ether oxygens (including phenoxy) is 3. The van der Waals surface area contributed by atoms with E-state index >= 15 is 0 Å². The number of nitrogens with one attached hydrogen (secondary N) is 2. The minimum Gasteiger partial charge on any atom is -0.493 e. The topological polar surface area (TPSA) is 129 Å². The van der Waals surface area contributed by atoms with Gasteiger partial charge in [-0.3, -0.25) is 30.6 Å². The van der Waals surface area contributed by atoms with E-state index < -0.39 is 22.8 Å². The third-order valence-electron chi connectivity index (χ3n) is 3.49. The highest BCUT2D eigenvalue weighted by atomic mass is 16.6. The quantitative estimate of drug-likeness (QED) is 0.518. The molecule has 148 valence electrons. The highest BCUT2D eigenvalue weighted by Crippen LogP contribution is 2.27. The van der Waals surface area contributed by atoms with Crippen LogP contribution < -0.4 is 25.1 Å². The summed E-state index contributed by atoms with van der Waals surface area (Å²) < 4.78 is 15.7. The molecule has 0 aliphatic rings. The normalized spacial score (nSPS) is 11.1. The molecule has 0 unspecified atom stereocenters. The predicted octanol–water partition coefficient (Wildman–Crippen LogP) is 1.60. The first-order chi connectivity index (χ1) is 13.4. The maximum Gasteiger partial charge on any atom is 0.310 e. The van der Waals surface area contributed by atoms with E-state index in [-0.39, 0.29) is 18.0 Å². The fourth-order valence-corrected chi connectivity index (χ4v) is 2.10. The van der Waals surface area contributed by atoms with Crippen molar-refractivity contribution in [1.29, 1.82) is 0 Å². The van der Waals surface area contributed by atoms with Crippen LogP contribution in [0.1, 0.15) is 6.92 Å². The first kappa shape index (κ1) is 20.5. The number of hydrogen-bond donors (Lipinski definition) is 2. The van der Waals surface area contributed by atoms with Crippen LogP contribution in [0.5, 0.6) is 17.2 Å². The molecule has 2 amide bonds. The van der Waals surface area contributed by atoms with Crippen molar-refractivity contribution in [2.24, 2.45) is 0 Å². The molecule has 0 aliphatic carbocycles. The molecule has 2 aromatic carbocycles. The van der Waals surface area contributed by atoms with Crippen molar-refractivity contribution in [1.82, 2.24) is 10.9 Å². The van der Waals surface area contributed by atoms with Crippen molar-refractivity contribution < 1.29 is 28.7 Å². The van der Waals surface area contributed by atoms with Crippen LogP contribution in [0.4, 0.5) is 5.69 Å². The van der Waals surface area contributed by atoms with Crippen LogP contribution in [0.2, 0.25) is 0 Å². The van der Waals surface area contributed by atoms with Gasteiger partial charge in [-0.25, -0.2) is 0 Å². The molecule has 10 heteroatoms. The van der Waals surface area contributed by atoms with E-state index in [9.17, 15) is 19.7 Å². The maximum atomic E-state index is 12.0. The fourth-order valence-electron chi connectivity index (χ4n) is 2.10. The summed E-state index contributed by atoms with van der Waals surface area (Å²) in [6.45, 7) is 1.03. The van der Waals surface area contributed by atoms with Crippen LogP contribution in [0.15, 0.2) is 48.5 Å². The summed E-state index contributed by atoms with van der Waals surface area (Å²) in [5, 5.41) is 11.0. The molecule has 1 atom stereocenters. The second-order valence-electron chi connectivity index (χ2n) is 5.46. The van der Waals surface area contributed by atoms with Crippen LogP contribution in [0.3, 0.4) is 0 Å². The highest BCUT2D eigenvalue weighted by Gasteiger charge is 2.21. The van der Waals surface area contributed by atoms with E-state index in [4.69, 9.17) is 14.2 Å². The molecule has 2 N–H and O–H groups in total. The number of benzene rings is 2. The third kappa shape index (κ3) is 5.59. The zero-order valence-corrected chi connectivity index (χ0v) is 15.2. The second-order valence-corrected chi connectivity index (χ2v) is 5.46. The summed E-state index contributed by atoms with van der Waals surface area (Å²) >= 11 is 0. The van der Waals surface area contributed by atoms with Gasteiger partial charge in [0, 0.05) is 6.07 Å². The molecule has 28 heavy (non-hydrogen) atoms. The minimum absolute atomic E-state index is 0.0546. The summed E-state index contributed by atoms with van der Waals surface area (Å²) in [5.74, 6) is -0.521. The Kier molecular flexibility index (Phi) is 7.14. The van der Waals surface area contributed by atoms with Gasteiger partial charge in [-0.2, -0.15) is 0 Å². The van der Waals surface area contributed by atoms with Crippen LogP contribution >= 0.6 is 0 Å². The zero-order valence-electron chi connectivity index (χ0n) is 15.2. The molecular weight excluding hydrogens is 370 g/mol. The maximum absolute atomic E-state index is 12.0. The third-order valence-corrected chi connectivity index (χ3v) is 3.49. The Labute approximate surface area is 160 Å². The summed E-state index contributed by atoms with van der Waals surface area (Å²) in [4.78, 5) is 34.2. The number of para-hydroxylation sites is 4. The van der Waals surface area contributed by atoms with E-state index in [1.807, 2.05) is 0 Å². The number of amides is 2. The molecule has 0 radical (unpaired) electrons. The number of hydrazine groups is 1. The molecule has 0 heterocycles. The largest absolute Gasteiger partial charge is 0.493 e. The van der Waals surface area contributed by atoms with Crippen molar-refractivity contribution in [3.8, 4) is 17.2 Å². The predicted molar refractivity (Wildman–Crippen MR) is 98.0 cm³/mol. The summed E-state index contributed by atoms with van der Waals surface area (Å²) in [7, 11) is 1.47. The molecule has 10 nitrogen and oxygen atoms in total. The number of hydrogen-bond acceptors (Lipinski definition) is 7. The van der Waals surface area contributed by atoms with Gasteiger partial charge < -0.3 is 14.2 Å². The lowest BCUT2D eigenvalue weighted by Gasteiger charge is -2.15. The van der Waals surface area contributed by atoms with Crippen LogP contribution in [0.25, 0.3) is 0 Å². The van der Waals surface area contributed by atoms with Gasteiger partial charge in [-0.15, -0.1) is 0 Å². The molecule has 0 aromatic heterocycles. The molecule has 2 rings (SSSR count). The van der Waals surface area contributed by atoms with Gasteiger partial charge in [0.2, 0.25) is 0 Å². The number of methoxy groups -OCH3 is 1. The van der Waals surface area contributed by atoms with Gasteiger partial charge in [-0.05, 0) is 25.1 Å². The number of rotatable bonds is 8. The zero-order chi connectivity index (χ0) is 20.5. The van der Waals surface area contributed by atoms with Crippen LogP contribution in [-0.2, 0) is 9.59 Å². The monoisotopic (exact) mass is 389 g/mol. The molecule has 0 aliphatic heterocycles. The van der Waals surface area contributed by atoms with E-state index in [0.29, 0.717) is 11.5 Å². The lowest BCUT2D eigenvalue weighted by atomic mass is 10.3. The highest BCUT2D eigenvalue weighted by molar-refractivity contribution is 5.85. The van der Waals surface area contributed by atoms with Gasteiger partial charge in [0.05, 0.1) is 12.0 Å². The number of nitrogens with zero attached hydrogens (tertiary/aromatic N) is 1. The first-order valence-electron chi connectivity index (χ1n) is 8.17. The Morgan fingerprint density at radius 1 is 1.04 bits per heavy atom. The van der Waals surface area contributed by atoms with Gasteiger partial charge >= 0.3 is 5.69 Å². The SMILES string of the molecule is COc1ccccc1OCC(=O)NNC(=O)[C@@H](C)Oc1ccccc1[N+](=O)[O-]. The Hall–Kier alpha value is -3.82. The van der Waals surface area contributed by atoms with Crippen molar-refractivity contribution in [3.05, 3.63) is 58.6 Å². The number of nitro benzene ring substituents is 1. The average Bonchev–Trinajstić information content (AvgIpc) is 2.70. The van der Waals surface area contributed by atoms with Crippen molar-refractivity contribution in [3.63, 3.8) is 0 Å². The number of nitro groups is 1. The van der Waals surface area contributed by atoms with Crippen molar-refractivity contribution in [2.45, 2.75) is 13.0 Å². The van der Waals surface area contributed by atoms with E-state index in [1.165, 1.54) is 32.2 Å². The van der Waals surface area contributed by atoms with Crippen LogP contribution in [0, 0.1) is 10.1 Å².